The number of halogens is 2. The Bertz CT molecular complexity index is 1140. The van der Waals surface area contributed by atoms with E-state index in [1.54, 1.807) is 4.90 Å². The van der Waals surface area contributed by atoms with E-state index >= 15 is 0 Å². The standard InChI is InChI=1S/C25H33F2N3O6S/c26-17-8-18(27)10-22(9-17)37(33,34)30-21(7-16-1-2-16)14-35-15-23(30)25(3-4-25)36-24(32)29-13-19-11-20(29)12-28(19)5-6-31/h8-10,16,19-21,23,31H,1-7,11-15H2/t19?,20?,21-,23-/m1/s1. The zero-order chi connectivity index (χ0) is 25.9. The largest absolute Gasteiger partial charge is 0.441 e. The number of nitrogens with zero attached hydrogens (tertiary/aromatic N) is 3. The summed E-state index contributed by atoms with van der Waals surface area (Å²) in [5.74, 6) is -1.54. The van der Waals surface area contributed by atoms with E-state index in [0.717, 1.165) is 31.4 Å². The van der Waals surface area contributed by atoms with Crippen molar-refractivity contribution in [2.24, 2.45) is 5.92 Å². The molecule has 204 valence electrons. The predicted octanol–water partition coefficient (Wildman–Crippen LogP) is 1.94. The van der Waals surface area contributed by atoms with E-state index in [0.29, 0.717) is 50.9 Å². The van der Waals surface area contributed by atoms with Crippen molar-refractivity contribution >= 4 is 16.1 Å². The summed E-state index contributed by atoms with van der Waals surface area (Å²) in [5.41, 5.74) is -1.04. The molecule has 9 nitrogen and oxygen atoms in total. The molecule has 1 aromatic rings. The Hall–Kier alpha value is -1.86. The Morgan fingerprint density at radius 3 is 2.43 bits per heavy atom. The molecule has 2 saturated carbocycles. The molecule has 37 heavy (non-hydrogen) atoms. The van der Waals surface area contributed by atoms with Crippen LogP contribution in [-0.4, -0.2) is 103 Å². The van der Waals surface area contributed by atoms with Gasteiger partial charge in [-0.25, -0.2) is 22.0 Å². The lowest BCUT2D eigenvalue weighted by atomic mass is 10.0. The van der Waals surface area contributed by atoms with Crippen molar-refractivity contribution in [3.63, 3.8) is 0 Å². The van der Waals surface area contributed by atoms with Crippen molar-refractivity contribution in [2.75, 3.05) is 39.5 Å². The lowest BCUT2D eigenvalue weighted by molar-refractivity contribution is -0.0752. The molecule has 5 fully saturated rings. The number of β-amino-alcohol motifs (C(OH)–C–C–N with tert-alkyl or cyclic N) is 1. The number of amides is 1. The van der Waals surface area contributed by atoms with E-state index in [1.165, 1.54) is 4.31 Å². The van der Waals surface area contributed by atoms with E-state index in [4.69, 9.17) is 9.47 Å². The summed E-state index contributed by atoms with van der Waals surface area (Å²) < 4.78 is 69.2. The minimum atomic E-state index is -4.31. The van der Waals surface area contributed by atoms with Gasteiger partial charge in [0.15, 0.2) is 0 Å². The zero-order valence-electron chi connectivity index (χ0n) is 20.6. The molecule has 2 bridgehead atoms. The van der Waals surface area contributed by atoms with Crippen molar-refractivity contribution in [3.8, 4) is 0 Å². The van der Waals surface area contributed by atoms with Gasteiger partial charge in [0.2, 0.25) is 10.0 Å². The number of piperazine rings is 1. The number of hydrogen-bond acceptors (Lipinski definition) is 7. The number of fused-ring (bicyclic) bond motifs is 2. The van der Waals surface area contributed by atoms with Gasteiger partial charge in [-0.15, -0.1) is 0 Å². The number of ether oxygens (including phenoxy) is 2. The Morgan fingerprint density at radius 1 is 1.11 bits per heavy atom. The van der Waals surface area contributed by atoms with Gasteiger partial charge in [0, 0.05) is 43.8 Å². The van der Waals surface area contributed by atoms with Crippen molar-refractivity contribution in [1.29, 1.82) is 0 Å². The van der Waals surface area contributed by atoms with Crippen molar-refractivity contribution < 1.29 is 36.6 Å². The van der Waals surface area contributed by atoms with Crippen LogP contribution in [0.4, 0.5) is 13.6 Å². The molecule has 5 aliphatic rings. The molecule has 0 radical (unpaired) electrons. The molecule has 12 heteroatoms. The second kappa shape index (κ2) is 9.41. The molecular weight excluding hydrogens is 508 g/mol. The normalized spacial score (nSPS) is 31.6. The average molecular weight is 542 g/mol. The third kappa shape index (κ3) is 4.75. The fourth-order valence-corrected chi connectivity index (χ4v) is 8.30. The third-order valence-electron chi connectivity index (χ3n) is 8.58. The van der Waals surface area contributed by atoms with E-state index < -0.39 is 50.3 Å². The van der Waals surface area contributed by atoms with Crippen LogP contribution in [0, 0.1) is 17.6 Å². The summed E-state index contributed by atoms with van der Waals surface area (Å²) >= 11 is 0. The van der Waals surface area contributed by atoms with Gasteiger partial charge in [0.05, 0.1) is 30.8 Å². The molecule has 2 aliphatic carbocycles. The Labute approximate surface area is 215 Å². The summed E-state index contributed by atoms with van der Waals surface area (Å²) in [7, 11) is -4.31. The molecule has 1 amide bonds. The first kappa shape index (κ1) is 25.4. The highest BCUT2D eigenvalue weighted by atomic mass is 32.2. The number of rotatable bonds is 8. The van der Waals surface area contributed by atoms with Crippen LogP contribution in [0.1, 0.15) is 38.5 Å². The summed E-state index contributed by atoms with van der Waals surface area (Å²) in [6.45, 7) is 2.06. The molecule has 0 aromatic heterocycles. The van der Waals surface area contributed by atoms with Crippen LogP contribution in [0.15, 0.2) is 23.1 Å². The van der Waals surface area contributed by atoms with E-state index in [2.05, 4.69) is 4.90 Å². The summed E-state index contributed by atoms with van der Waals surface area (Å²) in [6, 6.07) is 1.21. The van der Waals surface area contributed by atoms with E-state index in [-0.39, 0.29) is 31.9 Å². The van der Waals surface area contributed by atoms with Crippen LogP contribution in [0.2, 0.25) is 0 Å². The first-order valence-electron chi connectivity index (χ1n) is 13.1. The van der Waals surface area contributed by atoms with E-state index in [1.807, 2.05) is 0 Å². The van der Waals surface area contributed by atoms with Gasteiger partial charge in [-0.05, 0) is 43.7 Å². The number of benzene rings is 1. The molecule has 6 rings (SSSR count). The maximum Gasteiger partial charge on any atom is 0.410 e. The molecule has 3 aliphatic heterocycles. The predicted molar refractivity (Wildman–Crippen MR) is 127 cm³/mol. The number of likely N-dealkylation sites (tertiary alicyclic amines) is 2. The van der Waals surface area contributed by atoms with Crippen LogP contribution >= 0.6 is 0 Å². The quantitative estimate of drug-likeness (QED) is 0.537. The fraction of sp³-hybridized carbons (Fsp3) is 0.720. The van der Waals surface area contributed by atoms with Crippen molar-refractivity contribution in [1.82, 2.24) is 14.1 Å². The van der Waals surface area contributed by atoms with E-state index in [9.17, 15) is 27.1 Å². The highest BCUT2D eigenvalue weighted by Gasteiger charge is 2.61. The molecule has 1 N–H and O–H groups in total. The number of morpholine rings is 1. The SMILES string of the molecule is O=C(OC1([C@H]2COC[C@@H](CC3CC3)N2S(=O)(=O)c2cc(F)cc(F)c2)CC1)N1CC2CC1CN2CCO. The lowest BCUT2D eigenvalue weighted by Crippen LogP contribution is -2.61. The zero-order valence-corrected chi connectivity index (χ0v) is 21.4. The van der Waals surface area contributed by atoms with Crippen molar-refractivity contribution in [2.45, 2.75) is 73.2 Å². The molecule has 4 atom stereocenters. The maximum atomic E-state index is 14.0. The lowest BCUT2D eigenvalue weighted by Gasteiger charge is -2.44. The minimum Gasteiger partial charge on any atom is -0.441 e. The number of carbonyl (C=O) groups is 1. The van der Waals surface area contributed by atoms with Crippen LogP contribution in [0.3, 0.4) is 0 Å². The summed E-state index contributed by atoms with van der Waals surface area (Å²) in [6.07, 6.45) is 3.95. The first-order valence-corrected chi connectivity index (χ1v) is 14.6. The smallest absolute Gasteiger partial charge is 0.410 e. The van der Waals surface area contributed by atoms with Gasteiger partial charge in [-0.1, -0.05) is 12.8 Å². The molecule has 0 spiro atoms. The maximum absolute atomic E-state index is 14.0. The topological polar surface area (TPSA) is 99.6 Å². The van der Waals surface area contributed by atoms with Gasteiger partial charge in [-0.2, -0.15) is 4.31 Å². The van der Waals surface area contributed by atoms with Gasteiger partial charge in [0.1, 0.15) is 17.2 Å². The van der Waals surface area contributed by atoms with Gasteiger partial charge >= 0.3 is 6.09 Å². The number of aliphatic hydroxyl groups is 1. The Morgan fingerprint density at radius 2 is 1.84 bits per heavy atom. The number of hydrogen-bond donors (Lipinski definition) is 1. The number of carbonyl (C=O) groups excluding carboxylic acids is 1. The fourth-order valence-electron chi connectivity index (χ4n) is 6.41. The Kier molecular flexibility index (Phi) is 6.46. The molecule has 3 saturated heterocycles. The molecule has 3 heterocycles. The van der Waals surface area contributed by atoms with Gasteiger partial charge in [0.25, 0.3) is 0 Å². The molecule has 1 aromatic carbocycles. The monoisotopic (exact) mass is 541 g/mol. The minimum absolute atomic E-state index is 0.000163. The molecule has 2 unspecified atom stereocenters. The van der Waals surface area contributed by atoms with Gasteiger partial charge in [-0.3, -0.25) is 4.90 Å². The second-order valence-electron chi connectivity index (χ2n) is 11.2. The first-order chi connectivity index (χ1) is 17.7. The van der Waals surface area contributed by atoms with Crippen LogP contribution in [0.25, 0.3) is 0 Å². The van der Waals surface area contributed by atoms with Crippen LogP contribution in [-0.2, 0) is 19.5 Å². The highest BCUT2D eigenvalue weighted by Crippen LogP contribution is 2.49. The third-order valence-corrected chi connectivity index (χ3v) is 10.5. The Balaban J connectivity index is 1.25. The highest BCUT2D eigenvalue weighted by molar-refractivity contribution is 7.89. The number of aliphatic hydroxyl groups excluding tert-OH is 1. The number of sulfonamides is 1. The molecular formula is C25H33F2N3O6S. The van der Waals surface area contributed by atoms with Crippen LogP contribution < -0.4 is 0 Å². The van der Waals surface area contributed by atoms with Crippen LogP contribution in [0.5, 0.6) is 0 Å². The summed E-state index contributed by atoms with van der Waals surface area (Å²) in [4.78, 5) is 16.8. The van der Waals surface area contributed by atoms with Crippen molar-refractivity contribution in [3.05, 3.63) is 29.8 Å². The second-order valence-corrected chi connectivity index (χ2v) is 13.0. The van der Waals surface area contributed by atoms with Gasteiger partial charge < -0.3 is 19.5 Å². The summed E-state index contributed by atoms with van der Waals surface area (Å²) in [5, 5.41) is 9.26. The average Bonchev–Trinajstić information content (AvgIpc) is 3.75.